The van der Waals surface area contributed by atoms with E-state index < -0.39 is 18.2 Å². The fourth-order valence-electron chi connectivity index (χ4n) is 1.88. The molecular formula is C16H28O4. The summed E-state index contributed by atoms with van der Waals surface area (Å²) in [6.07, 6.45) is 6.72. The molecule has 2 unspecified atom stereocenters. The van der Waals surface area contributed by atoms with Gasteiger partial charge in [0, 0.05) is 6.42 Å². The molecule has 0 rings (SSSR count). The third-order valence-corrected chi connectivity index (χ3v) is 3.12. The first-order valence-electron chi connectivity index (χ1n) is 7.65. The number of aliphatic hydroxyl groups is 2. The molecule has 0 aromatic heterocycles. The van der Waals surface area contributed by atoms with Crippen LogP contribution in [-0.2, 0) is 4.79 Å². The van der Waals surface area contributed by atoms with E-state index in [4.69, 9.17) is 5.11 Å². The Morgan fingerprint density at radius 2 is 1.40 bits per heavy atom. The zero-order chi connectivity index (χ0) is 15.2. The highest BCUT2D eigenvalue weighted by Gasteiger charge is 2.02. The molecule has 4 nitrogen and oxygen atoms in total. The topological polar surface area (TPSA) is 77.8 Å². The van der Waals surface area contributed by atoms with Gasteiger partial charge in [-0.2, -0.15) is 0 Å². The molecule has 0 bridgehead atoms. The number of carbonyl (C=O) groups is 1. The molecule has 20 heavy (non-hydrogen) atoms. The zero-order valence-corrected chi connectivity index (χ0v) is 12.5. The zero-order valence-electron chi connectivity index (χ0n) is 12.5. The molecular weight excluding hydrogens is 256 g/mol. The van der Waals surface area contributed by atoms with E-state index in [2.05, 4.69) is 18.8 Å². The maximum atomic E-state index is 10.3. The largest absolute Gasteiger partial charge is 0.481 e. The molecule has 0 radical (unpaired) electrons. The van der Waals surface area contributed by atoms with Gasteiger partial charge in [0.05, 0.1) is 0 Å². The number of carboxylic acid groups (broad SMARTS) is 1. The van der Waals surface area contributed by atoms with Crippen LogP contribution < -0.4 is 0 Å². The van der Waals surface area contributed by atoms with Crippen molar-refractivity contribution in [2.45, 2.75) is 83.3 Å². The smallest absolute Gasteiger partial charge is 0.303 e. The van der Waals surface area contributed by atoms with Gasteiger partial charge in [0.15, 0.2) is 0 Å². The molecule has 0 saturated heterocycles. The Labute approximate surface area is 122 Å². The van der Waals surface area contributed by atoms with E-state index >= 15 is 0 Å². The first-order valence-corrected chi connectivity index (χ1v) is 7.65. The summed E-state index contributed by atoms with van der Waals surface area (Å²) in [7, 11) is 0. The fourth-order valence-corrected chi connectivity index (χ4v) is 1.88. The average Bonchev–Trinajstić information content (AvgIpc) is 2.41. The molecule has 0 spiro atoms. The van der Waals surface area contributed by atoms with Crippen molar-refractivity contribution in [2.24, 2.45) is 0 Å². The van der Waals surface area contributed by atoms with Gasteiger partial charge in [-0.15, -0.1) is 0 Å². The van der Waals surface area contributed by atoms with Crippen molar-refractivity contribution in [3.63, 3.8) is 0 Å². The summed E-state index contributed by atoms with van der Waals surface area (Å²) >= 11 is 0. The highest BCUT2D eigenvalue weighted by atomic mass is 16.4. The maximum absolute atomic E-state index is 10.3. The molecule has 0 aliphatic carbocycles. The van der Waals surface area contributed by atoms with Gasteiger partial charge in [-0.05, 0) is 25.7 Å². The van der Waals surface area contributed by atoms with E-state index in [-0.39, 0.29) is 6.42 Å². The molecule has 0 heterocycles. The quantitative estimate of drug-likeness (QED) is 0.403. The Morgan fingerprint density at radius 3 is 1.95 bits per heavy atom. The molecule has 0 aliphatic heterocycles. The van der Waals surface area contributed by atoms with Crippen LogP contribution in [0.5, 0.6) is 0 Å². The van der Waals surface area contributed by atoms with Crippen molar-refractivity contribution in [3.05, 3.63) is 0 Å². The minimum atomic E-state index is -0.739. The van der Waals surface area contributed by atoms with E-state index in [0.717, 1.165) is 44.9 Å². The van der Waals surface area contributed by atoms with Crippen LogP contribution in [0, 0.1) is 11.8 Å². The first-order chi connectivity index (χ1) is 9.56. The Bertz CT molecular complexity index is 303. The summed E-state index contributed by atoms with van der Waals surface area (Å²) in [6, 6.07) is 0. The minimum Gasteiger partial charge on any atom is -0.481 e. The van der Waals surface area contributed by atoms with Gasteiger partial charge >= 0.3 is 5.97 Å². The van der Waals surface area contributed by atoms with Crippen LogP contribution in [0.25, 0.3) is 0 Å². The third-order valence-electron chi connectivity index (χ3n) is 3.12. The number of unbranched alkanes of at least 4 members (excludes halogenated alkanes) is 5. The summed E-state index contributed by atoms with van der Waals surface area (Å²) < 4.78 is 0. The number of aliphatic carboxylic acids is 1. The molecule has 116 valence electrons. The van der Waals surface area contributed by atoms with E-state index in [0.29, 0.717) is 12.8 Å². The maximum Gasteiger partial charge on any atom is 0.303 e. The molecule has 0 saturated carbocycles. The van der Waals surface area contributed by atoms with Crippen LogP contribution in [0.15, 0.2) is 0 Å². The predicted molar refractivity (Wildman–Crippen MR) is 79.3 cm³/mol. The Balaban J connectivity index is 3.51. The van der Waals surface area contributed by atoms with Gasteiger partial charge in [-0.3, -0.25) is 4.79 Å². The summed E-state index contributed by atoms with van der Waals surface area (Å²) in [4.78, 5) is 10.3. The van der Waals surface area contributed by atoms with Crippen LogP contribution in [0.4, 0.5) is 0 Å². The van der Waals surface area contributed by atoms with Gasteiger partial charge in [-0.25, -0.2) is 0 Å². The first kappa shape index (κ1) is 18.9. The van der Waals surface area contributed by atoms with Crippen LogP contribution >= 0.6 is 0 Å². The number of carboxylic acids is 1. The summed E-state index contributed by atoms with van der Waals surface area (Å²) in [5.41, 5.74) is 0. The summed E-state index contributed by atoms with van der Waals surface area (Å²) in [5, 5.41) is 27.6. The number of hydrogen-bond acceptors (Lipinski definition) is 3. The van der Waals surface area contributed by atoms with Crippen LogP contribution in [0.2, 0.25) is 0 Å². The molecule has 0 aromatic rings. The van der Waals surface area contributed by atoms with Crippen molar-refractivity contribution < 1.29 is 20.1 Å². The lowest BCUT2D eigenvalue weighted by Crippen LogP contribution is -2.07. The molecule has 0 aromatic carbocycles. The highest BCUT2D eigenvalue weighted by Crippen LogP contribution is 2.08. The lowest BCUT2D eigenvalue weighted by Gasteiger charge is -2.04. The molecule has 4 heteroatoms. The van der Waals surface area contributed by atoms with Crippen molar-refractivity contribution in [1.82, 2.24) is 0 Å². The van der Waals surface area contributed by atoms with Crippen molar-refractivity contribution in [2.75, 3.05) is 0 Å². The normalized spacial score (nSPS) is 13.3. The van der Waals surface area contributed by atoms with Crippen LogP contribution in [0.1, 0.15) is 71.1 Å². The van der Waals surface area contributed by atoms with E-state index in [1.54, 1.807) is 0 Å². The highest BCUT2D eigenvalue weighted by molar-refractivity contribution is 5.66. The van der Waals surface area contributed by atoms with Gasteiger partial charge in [0.2, 0.25) is 0 Å². The number of aliphatic hydroxyl groups excluding tert-OH is 2. The Kier molecular flexibility index (Phi) is 12.3. The van der Waals surface area contributed by atoms with Gasteiger partial charge in [-0.1, -0.05) is 50.9 Å². The molecule has 0 aliphatic rings. The van der Waals surface area contributed by atoms with Crippen molar-refractivity contribution >= 4 is 5.97 Å². The third kappa shape index (κ3) is 13.4. The second kappa shape index (κ2) is 13.0. The van der Waals surface area contributed by atoms with E-state index in [1.165, 1.54) is 0 Å². The standard InChI is InChI=1S/C16H28O4/c1-2-3-9-14(17)12-13-15(18)10-7-5-4-6-8-11-16(19)20/h14-15,17-18H,2-11H2,1H3,(H,19,20). The fraction of sp³-hybridized carbons (Fsp3) is 0.812. The monoisotopic (exact) mass is 284 g/mol. The summed E-state index contributed by atoms with van der Waals surface area (Å²) in [5.74, 6) is 4.63. The lowest BCUT2D eigenvalue weighted by atomic mass is 10.1. The van der Waals surface area contributed by atoms with E-state index in [9.17, 15) is 15.0 Å². The summed E-state index contributed by atoms with van der Waals surface area (Å²) in [6.45, 7) is 2.06. The average molecular weight is 284 g/mol. The number of hydrogen-bond donors (Lipinski definition) is 3. The lowest BCUT2D eigenvalue weighted by molar-refractivity contribution is -0.137. The molecule has 2 atom stereocenters. The van der Waals surface area contributed by atoms with Gasteiger partial charge in [0.25, 0.3) is 0 Å². The van der Waals surface area contributed by atoms with Crippen LogP contribution in [-0.4, -0.2) is 33.5 Å². The molecule has 0 fully saturated rings. The molecule has 3 N–H and O–H groups in total. The molecule has 0 amide bonds. The van der Waals surface area contributed by atoms with Gasteiger partial charge in [0.1, 0.15) is 12.2 Å². The Hall–Kier alpha value is -1.05. The van der Waals surface area contributed by atoms with Gasteiger partial charge < -0.3 is 15.3 Å². The minimum absolute atomic E-state index is 0.240. The van der Waals surface area contributed by atoms with Crippen molar-refractivity contribution in [1.29, 1.82) is 0 Å². The Morgan fingerprint density at radius 1 is 0.900 bits per heavy atom. The number of rotatable bonds is 11. The van der Waals surface area contributed by atoms with Crippen molar-refractivity contribution in [3.8, 4) is 11.8 Å². The SMILES string of the molecule is CCCCC(O)C#CC(O)CCCCCCCC(=O)O. The van der Waals surface area contributed by atoms with Crippen LogP contribution in [0.3, 0.4) is 0 Å². The predicted octanol–water partition coefficient (Wildman–Crippen LogP) is 2.72. The second-order valence-electron chi connectivity index (χ2n) is 5.16. The van der Waals surface area contributed by atoms with E-state index in [1.807, 2.05) is 0 Å². The second-order valence-corrected chi connectivity index (χ2v) is 5.16.